The predicted molar refractivity (Wildman–Crippen MR) is 74.2 cm³/mol. The number of hydrogen-bond acceptors (Lipinski definition) is 6. The van der Waals surface area contributed by atoms with Crippen LogP contribution in [-0.4, -0.2) is 23.7 Å². The maximum absolute atomic E-state index is 11.3. The van der Waals surface area contributed by atoms with Crippen molar-refractivity contribution in [3.63, 3.8) is 0 Å². The van der Waals surface area contributed by atoms with Gasteiger partial charge in [-0.2, -0.15) is 5.26 Å². The van der Waals surface area contributed by atoms with Gasteiger partial charge in [0.2, 0.25) is 0 Å². The fraction of sp³-hybridized carbons (Fsp3) is 0.231. The molecule has 0 saturated heterocycles. The zero-order chi connectivity index (χ0) is 14.5. The molecule has 1 aliphatic rings. The Hall–Kier alpha value is -2.72. The minimum absolute atomic E-state index is 0.162. The number of primary amides is 1. The number of fused-ring (bicyclic) bond motifs is 1. The Morgan fingerprint density at radius 3 is 3.05 bits per heavy atom. The van der Waals surface area contributed by atoms with Gasteiger partial charge in [0, 0.05) is 24.5 Å². The zero-order valence-electron chi connectivity index (χ0n) is 10.8. The maximum atomic E-state index is 11.3. The molecule has 0 radical (unpaired) electrons. The number of aromatic nitrogens is 1. The van der Waals surface area contributed by atoms with E-state index in [2.05, 4.69) is 15.3 Å². The second-order valence-electron chi connectivity index (χ2n) is 4.23. The van der Waals surface area contributed by atoms with Crippen molar-refractivity contribution in [2.24, 2.45) is 16.5 Å². The summed E-state index contributed by atoms with van der Waals surface area (Å²) in [6, 6.07) is 3.44. The van der Waals surface area contributed by atoms with Gasteiger partial charge in [-0.25, -0.2) is 4.98 Å². The highest BCUT2D eigenvalue weighted by Gasteiger charge is 2.17. The number of aliphatic imine (C=N–C) groups is 1. The largest absolute Gasteiger partial charge is 0.403 e. The van der Waals surface area contributed by atoms with Gasteiger partial charge >= 0.3 is 0 Å². The van der Waals surface area contributed by atoms with Crippen LogP contribution in [0.4, 0.5) is 5.69 Å². The molecule has 7 nitrogen and oxygen atoms in total. The summed E-state index contributed by atoms with van der Waals surface area (Å²) < 4.78 is 0. The monoisotopic (exact) mass is 270 g/mol. The lowest BCUT2D eigenvalue weighted by Crippen LogP contribution is -2.26. The second-order valence-corrected chi connectivity index (χ2v) is 4.23. The average molecular weight is 270 g/mol. The highest BCUT2D eigenvalue weighted by Crippen LogP contribution is 2.25. The Balaban J connectivity index is 2.48. The number of nitriles is 1. The molecule has 1 aromatic heterocycles. The number of carbonyl (C=O) groups excluding carboxylic acids is 1. The molecular formula is C13H14N6O. The topological polar surface area (TPSA) is 130 Å². The van der Waals surface area contributed by atoms with E-state index in [1.807, 2.05) is 6.07 Å². The molecule has 0 bridgehead atoms. The number of pyridine rings is 1. The molecule has 0 fully saturated rings. The number of amides is 1. The van der Waals surface area contributed by atoms with Gasteiger partial charge in [-0.1, -0.05) is 0 Å². The molecule has 0 saturated carbocycles. The first kappa shape index (κ1) is 13.7. The zero-order valence-corrected chi connectivity index (χ0v) is 10.8. The summed E-state index contributed by atoms with van der Waals surface area (Å²) in [6.07, 6.45) is 3.29. The van der Waals surface area contributed by atoms with E-state index in [0.29, 0.717) is 12.2 Å². The minimum Gasteiger partial charge on any atom is -0.403 e. The molecule has 5 N–H and O–H groups in total. The van der Waals surface area contributed by atoms with Crippen molar-refractivity contribution in [3.05, 3.63) is 34.8 Å². The fourth-order valence-electron chi connectivity index (χ4n) is 1.94. The lowest BCUT2D eigenvalue weighted by molar-refractivity contribution is 0.0995. The molecule has 0 unspecified atom stereocenters. The molecule has 2 rings (SSSR count). The molecular weight excluding hydrogens is 256 g/mol. The number of rotatable bonds is 3. The third-order valence-electron chi connectivity index (χ3n) is 2.93. The molecule has 20 heavy (non-hydrogen) atoms. The van der Waals surface area contributed by atoms with Gasteiger partial charge in [0.1, 0.15) is 11.8 Å². The van der Waals surface area contributed by atoms with Crippen LogP contribution in [0, 0.1) is 11.3 Å². The summed E-state index contributed by atoms with van der Waals surface area (Å²) in [6.45, 7) is 1.38. The van der Waals surface area contributed by atoms with Crippen LogP contribution in [0.1, 0.15) is 21.7 Å². The van der Waals surface area contributed by atoms with Gasteiger partial charge in [0.15, 0.2) is 0 Å². The third-order valence-corrected chi connectivity index (χ3v) is 2.93. The van der Waals surface area contributed by atoms with E-state index in [-0.39, 0.29) is 11.3 Å². The Morgan fingerprint density at radius 2 is 2.40 bits per heavy atom. The Labute approximate surface area is 116 Å². The fourth-order valence-corrected chi connectivity index (χ4v) is 1.94. The van der Waals surface area contributed by atoms with Gasteiger partial charge in [-0.05, 0) is 19.0 Å². The van der Waals surface area contributed by atoms with Gasteiger partial charge in [-0.3, -0.25) is 9.79 Å². The lowest BCUT2D eigenvalue weighted by atomic mass is 10.0. The Morgan fingerprint density at radius 1 is 1.60 bits per heavy atom. The molecule has 0 spiro atoms. The summed E-state index contributed by atoms with van der Waals surface area (Å²) in [7, 11) is 0. The van der Waals surface area contributed by atoms with Crippen LogP contribution in [0.3, 0.4) is 0 Å². The van der Waals surface area contributed by atoms with Crippen molar-refractivity contribution < 1.29 is 4.79 Å². The molecule has 1 amide bonds. The van der Waals surface area contributed by atoms with Crippen LogP contribution in [0.25, 0.3) is 0 Å². The quantitative estimate of drug-likeness (QED) is 0.521. The standard InChI is InChI=1S/C13H14N6O/c14-4-8(5-15)6-18-10-3-11(13(16)20)19-12-7-17-2-1-9(10)12/h3-4,6,17H,1-2,7,14H2,(H2,16,20). The summed E-state index contributed by atoms with van der Waals surface area (Å²) in [5.41, 5.74) is 13.3. The number of hydrogen-bond donors (Lipinski definition) is 3. The van der Waals surface area contributed by atoms with Crippen molar-refractivity contribution in [3.8, 4) is 6.07 Å². The average Bonchev–Trinajstić information content (AvgIpc) is 2.47. The van der Waals surface area contributed by atoms with Crippen molar-refractivity contribution in [1.82, 2.24) is 10.3 Å². The lowest BCUT2D eigenvalue weighted by Gasteiger charge is -2.18. The van der Waals surface area contributed by atoms with E-state index in [4.69, 9.17) is 16.7 Å². The van der Waals surface area contributed by atoms with Crippen LogP contribution in [0.5, 0.6) is 0 Å². The first-order valence-corrected chi connectivity index (χ1v) is 6.05. The molecule has 0 aliphatic carbocycles. The highest BCUT2D eigenvalue weighted by molar-refractivity contribution is 5.92. The number of allylic oxidation sites excluding steroid dienone is 1. The number of carbonyl (C=O) groups is 1. The summed E-state index contributed by atoms with van der Waals surface area (Å²) in [4.78, 5) is 19.8. The number of nitrogens with two attached hydrogens (primary N) is 2. The molecule has 0 atom stereocenters. The van der Waals surface area contributed by atoms with E-state index in [1.165, 1.54) is 18.5 Å². The predicted octanol–water partition coefficient (Wildman–Crippen LogP) is -0.105. The highest BCUT2D eigenvalue weighted by atomic mass is 16.1. The Bertz CT molecular complexity index is 641. The van der Waals surface area contributed by atoms with Gasteiger partial charge in [-0.15, -0.1) is 0 Å². The van der Waals surface area contributed by atoms with Crippen molar-refractivity contribution >= 4 is 17.8 Å². The maximum Gasteiger partial charge on any atom is 0.267 e. The smallest absolute Gasteiger partial charge is 0.267 e. The SMILES string of the molecule is N#CC(C=Nc1cc(C(N)=O)nc2c1CCNC2)=CN. The first-order valence-electron chi connectivity index (χ1n) is 6.05. The van der Waals surface area contributed by atoms with Crippen LogP contribution < -0.4 is 16.8 Å². The number of nitrogens with one attached hydrogen (secondary N) is 1. The van der Waals surface area contributed by atoms with Gasteiger partial charge in [0.25, 0.3) is 5.91 Å². The normalized spacial score (nSPS) is 14.8. The number of nitrogens with zero attached hydrogens (tertiary/aromatic N) is 3. The van der Waals surface area contributed by atoms with E-state index in [9.17, 15) is 4.79 Å². The third kappa shape index (κ3) is 2.81. The summed E-state index contributed by atoms with van der Waals surface area (Å²) >= 11 is 0. The van der Waals surface area contributed by atoms with Crippen LogP contribution >= 0.6 is 0 Å². The summed E-state index contributed by atoms with van der Waals surface area (Å²) in [5.74, 6) is -0.607. The molecule has 1 aromatic rings. The minimum atomic E-state index is -0.607. The van der Waals surface area contributed by atoms with E-state index in [1.54, 1.807) is 0 Å². The molecule has 2 heterocycles. The molecule has 1 aliphatic heterocycles. The van der Waals surface area contributed by atoms with Gasteiger partial charge < -0.3 is 16.8 Å². The van der Waals surface area contributed by atoms with Crippen LogP contribution in [0.2, 0.25) is 0 Å². The second kappa shape index (κ2) is 5.95. The molecule has 102 valence electrons. The van der Waals surface area contributed by atoms with E-state index >= 15 is 0 Å². The molecule has 7 heteroatoms. The van der Waals surface area contributed by atoms with Crippen molar-refractivity contribution in [2.75, 3.05) is 6.54 Å². The van der Waals surface area contributed by atoms with E-state index < -0.39 is 5.91 Å². The first-order chi connectivity index (χ1) is 9.65. The Kier molecular flexibility index (Phi) is 4.08. The van der Waals surface area contributed by atoms with Crippen molar-refractivity contribution in [2.45, 2.75) is 13.0 Å². The summed E-state index contributed by atoms with van der Waals surface area (Å²) in [5, 5.41) is 12.0. The molecule has 0 aromatic carbocycles. The van der Waals surface area contributed by atoms with Gasteiger partial charge in [0.05, 0.1) is 17.0 Å². The van der Waals surface area contributed by atoms with Crippen molar-refractivity contribution in [1.29, 1.82) is 5.26 Å². The van der Waals surface area contributed by atoms with E-state index in [0.717, 1.165) is 24.2 Å². The van der Waals surface area contributed by atoms with Crippen LogP contribution in [-0.2, 0) is 13.0 Å². The van der Waals surface area contributed by atoms with Crippen LogP contribution in [0.15, 0.2) is 22.8 Å².